The molecule has 1 fully saturated rings. The van der Waals surface area contributed by atoms with Crippen molar-refractivity contribution in [3.63, 3.8) is 0 Å². The monoisotopic (exact) mass is 389 g/mol. The molecule has 0 radical (unpaired) electrons. The van der Waals surface area contributed by atoms with Gasteiger partial charge in [-0.15, -0.1) is 0 Å². The minimum absolute atomic E-state index is 0.330. The number of benzene rings is 2. The third kappa shape index (κ3) is 3.34. The first-order chi connectivity index (χ1) is 14.2. The summed E-state index contributed by atoms with van der Waals surface area (Å²) in [4.78, 5) is 14.1. The van der Waals surface area contributed by atoms with Crippen molar-refractivity contribution in [2.75, 3.05) is 33.4 Å². The average molecular weight is 389 g/mol. The number of esters is 1. The van der Waals surface area contributed by atoms with Crippen LogP contribution < -0.4 is 0 Å². The van der Waals surface area contributed by atoms with Gasteiger partial charge in [-0.1, -0.05) is 30.3 Å². The first-order valence-electron chi connectivity index (χ1n) is 9.91. The third-order valence-electron chi connectivity index (χ3n) is 5.76. The molecule has 1 N–H and O–H groups in total. The summed E-state index contributed by atoms with van der Waals surface area (Å²) >= 11 is 0. The van der Waals surface area contributed by atoms with E-state index in [-0.39, 0.29) is 5.97 Å². The van der Waals surface area contributed by atoms with E-state index in [1.54, 1.807) is 12.1 Å². The van der Waals surface area contributed by atoms with E-state index in [9.17, 15) is 4.79 Å². The number of ether oxygens (including phenoxy) is 2. The molecule has 2 aliphatic rings. The molecule has 0 bridgehead atoms. The number of nitrogens with zero attached hydrogens (tertiary/aromatic N) is 2. The van der Waals surface area contributed by atoms with Crippen LogP contribution in [0.2, 0.25) is 0 Å². The zero-order valence-electron chi connectivity index (χ0n) is 16.4. The van der Waals surface area contributed by atoms with Crippen LogP contribution in [-0.2, 0) is 22.4 Å². The summed E-state index contributed by atoms with van der Waals surface area (Å²) < 4.78 is 10.2. The first-order valence-corrected chi connectivity index (χ1v) is 9.91. The summed E-state index contributed by atoms with van der Waals surface area (Å²) in [5.41, 5.74) is 8.72. The van der Waals surface area contributed by atoms with Crippen LogP contribution in [0.15, 0.2) is 42.5 Å². The lowest BCUT2D eigenvalue weighted by Gasteiger charge is -2.26. The van der Waals surface area contributed by atoms with Crippen molar-refractivity contribution in [1.29, 1.82) is 0 Å². The Morgan fingerprint density at radius 3 is 2.72 bits per heavy atom. The molecule has 2 heterocycles. The molecule has 5 rings (SSSR count). The number of nitrogens with one attached hydrogen (secondary N) is 1. The molecule has 1 aromatic heterocycles. The van der Waals surface area contributed by atoms with E-state index < -0.39 is 0 Å². The van der Waals surface area contributed by atoms with Gasteiger partial charge in [0.15, 0.2) is 0 Å². The fourth-order valence-corrected chi connectivity index (χ4v) is 4.22. The predicted octanol–water partition coefficient (Wildman–Crippen LogP) is 3.27. The normalized spacial score (nSPS) is 15.8. The number of methoxy groups -OCH3 is 1. The Morgan fingerprint density at radius 1 is 1.17 bits per heavy atom. The van der Waals surface area contributed by atoms with Crippen LogP contribution in [0.1, 0.15) is 27.0 Å². The SMILES string of the molecule is COC(=O)c1ccc(-c2n[nH]c3c2Cc2cc(CN4CCOCC4)ccc2-3)cc1. The average Bonchev–Trinajstić information content (AvgIpc) is 3.33. The molecule has 6 heteroatoms. The Bertz CT molecular complexity index is 1050. The minimum atomic E-state index is -0.330. The maximum absolute atomic E-state index is 11.7. The largest absolute Gasteiger partial charge is 0.465 e. The highest BCUT2D eigenvalue weighted by Crippen LogP contribution is 2.40. The second-order valence-corrected chi connectivity index (χ2v) is 7.55. The predicted molar refractivity (Wildman–Crippen MR) is 110 cm³/mol. The molecular formula is C23H23N3O3. The van der Waals surface area contributed by atoms with Crippen LogP contribution >= 0.6 is 0 Å². The fourth-order valence-electron chi connectivity index (χ4n) is 4.22. The highest BCUT2D eigenvalue weighted by molar-refractivity contribution is 5.90. The number of morpholine rings is 1. The molecule has 0 spiro atoms. The summed E-state index contributed by atoms with van der Waals surface area (Å²) in [6.07, 6.45) is 0.867. The van der Waals surface area contributed by atoms with Gasteiger partial charge in [0.05, 0.1) is 37.3 Å². The molecule has 6 nitrogen and oxygen atoms in total. The van der Waals surface area contributed by atoms with Gasteiger partial charge in [-0.3, -0.25) is 10.00 Å². The van der Waals surface area contributed by atoms with Gasteiger partial charge in [-0.05, 0) is 23.3 Å². The quantitative estimate of drug-likeness (QED) is 0.543. The Hall–Kier alpha value is -2.96. The third-order valence-corrected chi connectivity index (χ3v) is 5.76. The second kappa shape index (κ2) is 7.46. The molecule has 0 unspecified atom stereocenters. The smallest absolute Gasteiger partial charge is 0.337 e. The van der Waals surface area contributed by atoms with Crippen molar-refractivity contribution in [3.05, 3.63) is 64.7 Å². The van der Waals surface area contributed by atoms with E-state index in [0.717, 1.165) is 56.2 Å². The van der Waals surface area contributed by atoms with Crippen LogP contribution in [0.5, 0.6) is 0 Å². The van der Waals surface area contributed by atoms with Gasteiger partial charge >= 0.3 is 5.97 Å². The molecule has 0 atom stereocenters. The Morgan fingerprint density at radius 2 is 1.97 bits per heavy atom. The highest BCUT2D eigenvalue weighted by Gasteiger charge is 2.25. The van der Waals surface area contributed by atoms with Crippen molar-refractivity contribution in [2.45, 2.75) is 13.0 Å². The van der Waals surface area contributed by atoms with E-state index in [1.165, 1.54) is 29.4 Å². The van der Waals surface area contributed by atoms with Gasteiger partial charge in [0.25, 0.3) is 0 Å². The summed E-state index contributed by atoms with van der Waals surface area (Å²) in [5, 5.41) is 7.78. The van der Waals surface area contributed by atoms with E-state index in [0.29, 0.717) is 5.56 Å². The molecule has 1 aliphatic carbocycles. The Kier molecular flexibility index (Phi) is 4.66. The molecule has 3 aromatic rings. The Balaban J connectivity index is 1.39. The lowest BCUT2D eigenvalue weighted by Crippen LogP contribution is -2.35. The van der Waals surface area contributed by atoms with Crippen molar-refractivity contribution in [2.24, 2.45) is 0 Å². The fraction of sp³-hybridized carbons (Fsp3) is 0.304. The molecule has 0 saturated carbocycles. The van der Waals surface area contributed by atoms with Crippen LogP contribution in [-0.4, -0.2) is 54.5 Å². The van der Waals surface area contributed by atoms with Crippen LogP contribution in [0.25, 0.3) is 22.5 Å². The van der Waals surface area contributed by atoms with E-state index in [2.05, 4.69) is 33.3 Å². The van der Waals surface area contributed by atoms with Crippen LogP contribution in [0, 0.1) is 0 Å². The maximum atomic E-state index is 11.7. The summed E-state index contributed by atoms with van der Waals surface area (Å²) in [6.45, 7) is 4.58. The number of rotatable bonds is 4. The van der Waals surface area contributed by atoms with E-state index in [1.807, 2.05) is 12.1 Å². The van der Waals surface area contributed by atoms with Gasteiger partial charge in [0.1, 0.15) is 0 Å². The van der Waals surface area contributed by atoms with Crippen molar-refractivity contribution in [3.8, 4) is 22.5 Å². The topological polar surface area (TPSA) is 67.5 Å². The number of hydrogen-bond donors (Lipinski definition) is 1. The molecular weight excluding hydrogens is 366 g/mol. The number of carbonyl (C=O) groups excluding carboxylic acids is 1. The van der Waals surface area contributed by atoms with Crippen LogP contribution in [0.4, 0.5) is 0 Å². The molecule has 2 aromatic carbocycles. The maximum Gasteiger partial charge on any atom is 0.337 e. The molecule has 29 heavy (non-hydrogen) atoms. The van der Waals surface area contributed by atoms with Crippen LogP contribution in [0.3, 0.4) is 0 Å². The highest BCUT2D eigenvalue weighted by atomic mass is 16.5. The standard InChI is InChI=1S/C23H23N3O3/c1-28-23(27)17-5-3-16(4-6-17)21-20-13-18-12-15(14-26-8-10-29-11-9-26)2-7-19(18)22(20)25-24-21/h2-7,12H,8-11,13-14H2,1H3,(H,24,25). The van der Waals surface area contributed by atoms with E-state index >= 15 is 0 Å². The summed E-state index contributed by atoms with van der Waals surface area (Å²) in [5.74, 6) is -0.330. The van der Waals surface area contributed by atoms with Gasteiger partial charge in [-0.2, -0.15) is 5.10 Å². The molecule has 1 aliphatic heterocycles. The van der Waals surface area contributed by atoms with Gasteiger partial charge in [0, 0.05) is 42.7 Å². The number of aromatic nitrogens is 2. The zero-order chi connectivity index (χ0) is 19.8. The number of hydrogen-bond acceptors (Lipinski definition) is 5. The molecule has 1 saturated heterocycles. The lowest BCUT2D eigenvalue weighted by atomic mass is 10.0. The summed E-state index contributed by atoms with van der Waals surface area (Å²) in [7, 11) is 1.39. The number of H-pyrrole nitrogens is 1. The van der Waals surface area contributed by atoms with Crippen molar-refractivity contribution >= 4 is 5.97 Å². The van der Waals surface area contributed by atoms with E-state index in [4.69, 9.17) is 9.47 Å². The zero-order valence-corrected chi connectivity index (χ0v) is 16.4. The lowest BCUT2D eigenvalue weighted by molar-refractivity contribution is 0.0342. The van der Waals surface area contributed by atoms with Gasteiger partial charge in [0.2, 0.25) is 0 Å². The molecule has 148 valence electrons. The van der Waals surface area contributed by atoms with Gasteiger partial charge < -0.3 is 9.47 Å². The first kappa shape index (κ1) is 18.1. The summed E-state index contributed by atoms with van der Waals surface area (Å²) in [6, 6.07) is 14.2. The second-order valence-electron chi connectivity index (χ2n) is 7.55. The molecule has 0 amide bonds. The Labute approximate surface area is 169 Å². The minimum Gasteiger partial charge on any atom is -0.465 e. The number of aromatic amines is 1. The number of carbonyl (C=O) groups is 1. The van der Waals surface area contributed by atoms with Gasteiger partial charge in [-0.25, -0.2) is 4.79 Å². The number of fused-ring (bicyclic) bond motifs is 3. The van der Waals surface area contributed by atoms with Crippen molar-refractivity contribution < 1.29 is 14.3 Å². The van der Waals surface area contributed by atoms with Crippen molar-refractivity contribution in [1.82, 2.24) is 15.1 Å².